The normalized spacial score (nSPS) is 12.7. The standard InChI is InChI=1S/C19H14N6O2/c1-2-6-15-14(4-1)5-3-7-16(15)25-19(22-23-24-25)21-20-11-13-8-9-17-18(10-13)27-12-26-17/h1-11H,12H2,(H,21,22,24)/b20-11-. The van der Waals surface area contributed by atoms with Crippen LogP contribution in [-0.4, -0.2) is 33.2 Å². The first-order chi connectivity index (χ1) is 13.4. The second-order valence-electron chi connectivity index (χ2n) is 5.90. The summed E-state index contributed by atoms with van der Waals surface area (Å²) in [7, 11) is 0. The Labute approximate surface area is 154 Å². The molecule has 8 heteroatoms. The lowest BCUT2D eigenvalue weighted by Gasteiger charge is -2.07. The van der Waals surface area contributed by atoms with Crippen LogP contribution in [-0.2, 0) is 0 Å². The van der Waals surface area contributed by atoms with E-state index in [0.29, 0.717) is 11.7 Å². The fourth-order valence-electron chi connectivity index (χ4n) is 2.97. The Hall–Kier alpha value is -3.94. The molecule has 0 aliphatic carbocycles. The average Bonchev–Trinajstić information content (AvgIpc) is 3.36. The van der Waals surface area contributed by atoms with E-state index in [9.17, 15) is 0 Å². The highest BCUT2D eigenvalue weighted by Gasteiger charge is 2.13. The second-order valence-corrected chi connectivity index (χ2v) is 5.90. The van der Waals surface area contributed by atoms with E-state index < -0.39 is 0 Å². The van der Waals surface area contributed by atoms with E-state index in [4.69, 9.17) is 9.47 Å². The molecule has 0 saturated carbocycles. The molecule has 27 heavy (non-hydrogen) atoms. The lowest BCUT2D eigenvalue weighted by Crippen LogP contribution is -2.04. The minimum atomic E-state index is 0.244. The molecular formula is C19H14N6O2. The van der Waals surface area contributed by atoms with Crippen LogP contribution < -0.4 is 14.9 Å². The Balaban J connectivity index is 1.42. The van der Waals surface area contributed by atoms with Crippen LogP contribution in [0, 0.1) is 0 Å². The van der Waals surface area contributed by atoms with Crippen LogP contribution in [0.5, 0.6) is 11.5 Å². The number of tetrazole rings is 1. The molecule has 0 bridgehead atoms. The third-order valence-corrected chi connectivity index (χ3v) is 4.24. The Morgan fingerprint density at radius 1 is 1.00 bits per heavy atom. The molecule has 0 fully saturated rings. The molecule has 0 saturated heterocycles. The van der Waals surface area contributed by atoms with Gasteiger partial charge in [0.1, 0.15) is 0 Å². The Kier molecular flexibility index (Phi) is 3.64. The monoisotopic (exact) mass is 358 g/mol. The SMILES string of the molecule is C(=N/Nc1nnnn1-c1cccc2ccccc12)/c1ccc2c(c1)OCO2. The number of benzene rings is 3. The van der Waals surface area contributed by atoms with E-state index in [-0.39, 0.29) is 6.79 Å². The van der Waals surface area contributed by atoms with E-state index in [0.717, 1.165) is 27.8 Å². The largest absolute Gasteiger partial charge is 0.454 e. The molecule has 1 aliphatic rings. The first-order valence-corrected chi connectivity index (χ1v) is 8.34. The van der Waals surface area contributed by atoms with Gasteiger partial charge in [-0.3, -0.25) is 0 Å². The van der Waals surface area contributed by atoms with Gasteiger partial charge in [0.05, 0.1) is 11.9 Å². The third kappa shape index (κ3) is 2.82. The van der Waals surface area contributed by atoms with Crippen LogP contribution in [0.25, 0.3) is 16.5 Å². The van der Waals surface area contributed by atoms with Crippen LogP contribution >= 0.6 is 0 Å². The summed E-state index contributed by atoms with van der Waals surface area (Å²) >= 11 is 0. The van der Waals surface area contributed by atoms with Crippen molar-refractivity contribution in [3.8, 4) is 17.2 Å². The molecule has 0 radical (unpaired) electrons. The summed E-state index contributed by atoms with van der Waals surface area (Å²) in [4.78, 5) is 0. The lowest BCUT2D eigenvalue weighted by atomic mass is 10.1. The fraction of sp³-hybridized carbons (Fsp3) is 0.0526. The summed E-state index contributed by atoms with van der Waals surface area (Å²) in [6, 6.07) is 19.7. The number of hydrazone groups is 1. The quantitative estimate of drug-likeness (QED) is 0.446. The smallest absolute Gasteiger partial charge is 0.268 e. The van der Waals surface area contributed by atoms with E-state index in [1.54, 1.807) is 10.9 Å². The molecule has 0 atom stereocenters. The van der Waals surface area contributed by atoms with Crippen molar-refractivity contribution in [2.45, 2.75) is 0 Å². The molecule has 0 amide bonds. The van der Waals surface area contributed by atoms with Gasteiger partial charge in [0.25, 0.3) is 5.95 Å². The molecule has 8 nitrogen and oxygen atoms in total. The molecule has 3 aromatic carbocycles. The van der Waals surface area contributed by atoms with E-state index in [1.165, 1.54) is 0 Å². The van der Waals surface area contributed by atoms with Gasteiger partial charge < -0.3 is 9.47 Å². The highest BCUT2D eigenvalue weighted by atomic mass is 16.7. The van der Waals surface area contributed by atoms with Crippen molar-refractivity contribution < 1.29 is 9.47 Å². The van der Waals surface area contributed by atoms with E-state index in [1.807, 2.05) is 60.7 Å². The Morgan fingerprint density at radius 2 is 1.89 bits per heavy atom. The van der Waals surface area contributed by atoms with Gasteiger partial charge in [0, 0.05) is 5.39 Å². The number of rotatable bonds is 4. The van der Waals surface area contributed by atoms with Gasteiger partial charge in [-0.05, 0) is 45.6 Å². The van der Waals surface area contributed by atoms with Crippen molar-refractivity contribution in [2.24, 2.45) is 5.10 Å². The molecular weight excluding hydrogens is 344 g/mol. The highest BCUT2D eigenvalue weighted by molar-refractivity contribution is 5.90. The predicted octanol–water partition coefficient (Wildman–Crippen LogP) is 2.99. The van der Waals surface area contributed by atoms with Crippen LogP contribution in [0.4, 0.5) is 5.95 Å². The first kappa shape index (κ1) is 15.3. The molecule has 4 aromatic rings. The highest BCUT2D eigenvalue weighted by Crippen LogP contribution is 2.32. The average molecular weight is 358 g/mol. The Bertz CT molecular complexity index is 1150. The molecule has 0 spiro atoms. The summed E-state index contributed by atoms with van der Waals surface area (Å²) < 4.78 is 12.3. The summed E-state index contributed by atoms with van der Waals surface area (Å²) in [6.07, 6.45) is 1.67. The minimum absolute atomic E-state index is 0.244. The minimum Gasteiger partial charge on any atom is -0.454 e. The molecule has 132 valence electrons. The number of hydrogen-bond acceptors (Lipinski definition) is 7. The third-order valence-electron chi connectivity index (χ3n) is 4.24. The van der Waals surface area contributed by atoms with E-state index in [2.05, 4.69) is 26.1 Å². The Morgan fingerprint density at radius 3 is 2.89 bits per heavy atom. The van der Waals surface area contributed by atoms with Crippen molar-refractivity contribution in [1.82, 2.24) is 20.2 Å². The number of nitrogens with zero attached hydrogens (tertiary/aromatic N) is 5. The van der Waals surface area contributed by atoms with Gasteiger partial charge in [-0.25, -0.2) is 5.43 Å². The maximum absolute atomic E-state index is 5.37. The van der Waals surface area contributed by atoms with E-state index >= 15 is 0 Å². The van der Waals surface area contributed by atoms with Gasteiger partial charge >= 0.3 is 0 Å². The van der Waals surface area contributed by atoms with Crippen LogP contribution in [0.3, 0.4) is 0 Å². The molecule has 1 N–H and O–H groups in total. The van der Waals surface area contributed by atoms with Gasteiger partial charge in [0.15, 0.2) is 11.5 Å². The maximum atomic E-state index is 5.37. The number of anilines is 1. The van der Waals surface area contributed by atoms with Gasteiger partial charge in [0.2, 0.25) is 6.79 Å². The summed E-state index contributed by atoms with van der Waals surface area (Å²) in [6.45, 7) is 0.244. The summed E-state index contributed by atoms with van der Waals surface area (Å²) in [5.74, 6) is 1.86. The van der Waals surface area contributed by atoms with Crippen molar-refractivity contribution >= 4 is 22.9 Å². The summed E-state index contributed by atoms with van der Waals surface area (Å²) in [5, 5.41) is 18.3. The van der Waals surface area contributed by atoms with Crippen LogP contribution in [0.2, 0.25) is 0 Å². The van der Waals surface area contributed by atoms with Gasteiger partial charge in [-0.2, -0.15) is 9.78 Å². The molecule has 1 aliphatic heterocycles. The number of hydrogen-bond donors (Lipinski definition) is 1. The molecule has 5 rings (SSSR count). The molecule has 2 heterocycles. The van der Waals surface area contributed by atoms with Gasteiger partial charge in [-0.1, -0.05) is 41.5 Å². The molecule has 0 unspecified atom stereocenters. The van der Waals surface area contributed by atoms with Gasteiger partial charge in [-0.15, -0.1) is 0 Å². The number of nitrogens with one attached hydrogen (secondary N) is 1. The van der Waals surface area contributed by atoms with Crippen molar-refractivity contribution in [3.63, 3.8) is 0 Å². The number of fused-ring (bicyclic) bond motifs is 2. The van der Waals surface area contributed by atoms with Crippen molar-refractivity contribution in [2.75, 3.05) is 12.2 Å². The lowest BCUT2D eigenvalue weighted by molar-refractivity contribution is 0.174. The first-order valence-electron chi connectivity index (χ1n) is 8.34. The van der Waals surface area contributed by atoms with Crippen LogP contribution in [0.1, 0.15) is 5.56 Å². The van der Waals surface area contributed by atoms with Crippen LogP contribution in [0.15, 0.2) is 65.8 Å². The fourth-order valence-corrected chi connectivity index (χ4v) is 2.97. The maximum Gasteiger partial charge on any atom is 0.268 e. The van der Waals surface area contributed by atoms with Crippen molar-refractivity contribution in [1.29, 1.82) is 0 Å². The number of ether oxygens (including phenoxy) is 2. The molecule has 1 aromatic heterocycles. The van der Waals surface area contributed by atoms with Crippen molar-refractivity contribution in [3.05, 3.63) is 66.2 Å². The predicted molar refractivity (Wildman–Crippen MR) is 100 cm³/mol. The second kappa shape index (κ2) is 6.41. The zero-order valence-corrected chi connectivity index (χ0v) is 14.1. The summed E-state index contributed by atoms with van der Waals surface area (Å²) in [5.41, 5.74) is 4.64. The number of aromatic nitrogens is 4. The topological polar surface area (TPSA) is 86.5 Å². The zero-order chi connectivity index (χ0) is 18.1. The zero-order valence-electron chi connectivity index (χ0n) is 14.1.